The van der Waals surface area contributed by atoms with Crippen molar-refractivity contribution in [2.75, 3.05) is 7.11 Å². The van der Waals surface area contributed by atoms with Gasteiger partial charge >= 0.3 is 5.69 Å². The van der Waals surface area contributed by atoms with E-state index in [1.165, 1.54) is 4.52 Å². The highest BCUT2D eigenvalue weighted by Gasteiger charge is 2.13. The Morgan fingerprint density at radius 1 is 1.08 bits per heavy atom. The van der Waals surface area contributed by atoms with Crippen LogP contribution >= 0.6 is 0 Å². The number of fused-ring (bicyclic) bond motifs is 3. The van der Waals surface area contributed by atoms with Crippen LogP contribution in [0.25, 0.3) is 16.4 Å². The van der Waals surface area contributed by atoms with Crippen LogP contribution in [0, 0.1) is 0 Å². The fourth-order valence-corrected chi connectivity index (χ4v) is 3.05. The monoisotopic (exact) mass is 335 g/mol. The molecule has 0 amide bonds. The lowest BCUT2D eigenvalue weighted by molar-refractivity contribution is 0.276. The first-order chi connectivity index (χ1) is 12.2. The Kier molecular flexibility index (Phi) is 3.74. The van der Waals surface area contributed by atoms with Crippen molar-refractivity contribution in [2.24, 2.45) is 0 Å². The Morgan fingerprint density at radius 3 is 2.56 bits per heavy atom. The van der Waals surface area contributed by atoms with E-state index in [9.17, 15) is 9.90 Å². The Bertz CT molecular complexity index is 1110. The number of hydrogen-bond donors (Lipinski definition) is 1. The normalized spacial score (nSPS) is 11.3. The van der Waals surface area contributed by atoms with Gasteiger partial charge in [-0.15, -0.1) is 0 Å². The highest BCUT2D eigenvalue weighted by molar-refractivity contribution is 5.93. The fraction of sp³-hybridized carbons (Fsp3) is 0.158. The maximum Gasteiger partial charge on any atom is 0.350 e. The summed E-state index contributed by atoms with van der Waals surface area (Å²) in [6.07, 6.45) is 0. The molecule has 0 unspecified atom stereocenters. The molecule has 0 radical (unpaired) electrons. The number of methoxy groups -OCH3 is 1. The zero-order valence-electron chi connectivity index (χ0n) is 13.7. The highest BCUT2D eigenvalue weighted by atomic mass is 16.5. The maximum atomic E-state index is 13.0. The van der Waals surface area contributed by atoms with Gasteiger partial charge in [0.05, 0.1) is 37.0 Å². The minimum atomic E-state index is -0.232. The summed E-state index contributed by atoms with van der Waals surface area (Å²) < 4.78 is 8.23. The van der Waals surface area contributed by atoms with E-state index in [2.05, 4.69) is 5.10 Å². The van der Waals surface area contributed by atoms with Crippen molar-refractivity contribution in [3.63, 3.8) is 0 Å². The first-order valence-electron chi connectivity index (χ1n) is 7.95. The molecule has 6 nitrogen and oxygen atoms in total. The molecule has 0 saturated heterocycles. The molecule has 4 aromatic rings. The minimum absolute atomic E-state index is 0.200. The van der Waals surface area contributed by atoms with Gasteiger partial charge in [-0.3, -0.25) is 4.57 Å². The molecule has 0 atom stereocenters. The molecule has 0 aliphatic carbocycles. The summed E-state index contributed by atoms with van der Waals surface area (Å²) in [5.74, 6) is 0.774. The molecule has 2 aromatic heterocycles. The Hall–Kier alpha value is -3.12. The molecule has 25 heavy (non-hydrogen) atoms. The van der Waals surface area contributed by atoms with Crippen molar-refractivity contribution in [1.29, 1.82) is 0 Å². The number of ether oxygens (including phenoxy) is 1. The van der Waals surface area contributed by atoms with E-state index in [1.807, 2.05) is 48.5 Å². The van der Waals surface area contributed by atoms with Gasteiger partial charge < -0.3 is 9.84 Å². The Labute approximate surface area is 143 Å². The molecule has 2 aromatic carbocycles. The van der Waals surface area contributed by atoms with Gasteiger partial charge in [0, 0.05) is 5.39 Å². The zero-order valence-corrected chi connectivity index (χ0v) is 13.7. The van der Waals surface area contributed by atoms with Gasteiger partial charge in [0.1, 0.15) is 5.75 Å². The van der Waals surface area contributed by atoms with Crippen LogP contribution in [0.1, 0.15) is 11.3 Å². The number of hydrogen-bond acceptors (Lipinski definition) is 4. The molecule has 0 bridgehead atoms. The van der Waals surface area contributed by atoms with Crippen LogP contribution in [0.5, 0.6) is 5.75 Å². The van der Waals surface area contributed by atoms with Gasteiger partial charge in [-0.05, 0) is 29.8 Å². The second-order valence-corrected chi connectivity index (χ2v) is 5.82. The molecule has 6 heteroatoms. The van der Waals surface area contributed by atoms with Crippen LogP contribution in [0.2, 0.25) is 0 Å². The van der Waals surface area contributed by atoms with Crippen molar-refractivity contribution >= 4 is 16.4 Å². The molecule has 0 aliphatic heterocycles. The van der Waals surface area contributed by atoms with Crippen LogP contribution < -0.4 is 10.4 Å². The van der Waals surface area contributed by atoms with Gasteiger partial charge in [-0.2, -0.15) is 9.61 Å². The largest absolute Gasteiger partial charge is 0.497 e. The lowest BCUT2D eigenvalue weighted by Crippen LogP contribution is -2.28. The van der Waals surface area contributed by atoms with Crippen molar-refractivity contribution in [3.05, 3.63) is 76.3 Å². The van der Waals surface area contributed by atoms with E-state index in [0.717, 1.165) is 22.2 Å². The van der Waals surface area contributed by atoms with Crippen molar-refractivity contribution in [3.8, 4) is 5.75 Å². The maximum absolute atomic E-state index is 13.0. The van der Waals surface area contributed by atoms with Crippen LogP contribution in [0.4, 0.5) is 0 Å². The molecule has 4 rings (SSSR count). The van der Waals surface area contributed by atoms with Gasteiger partial charge in [0.25, 0.3) is 0 Å². The molecule has 0 fully saturated rings. The second-order valence-electron chi connectivity index (χ2n) is 5.82. The molecule has 1 N–H and O–H groups in total. The Morgan fingerprint density at radius 2 is 1.84 bits per heavy atom. The molecule has 0 aliphatic rings. The topological polar surface area (TPSA) is 68.8 Å². The van der Waals surface area contributed by atoms with Crippen LogP contribution in [-0.2, 0) is 13.2 Å². The van der Waals surface area contributed by atoms with Crippen LogP contribution in [-0.4, -0.2) is 26.4 Å². The number of aromatic nitrogens is 3. The molecular weight excluding hydrogens is 318 g/mol. The summed E-state index contributed by atoms with van der Waals surface area (Å²) in [6, 6.07) is 17.1. The summed E-state index contributed by atoms with van der Waals surface area (Å²) in [5.41, 5.74) is 2.77. The molecular formula is C19H17N3O3. The zero-order chi connectivity index (χ0) is 17.4. The SMILES string of the molecule is COc1ccc(Cn2c(=O)n3nc(CO)cc3c3ccccc32)cc1. The third-order valence-corrected chi connectivity index (χ3v) is 4.30. The van der Waals surface area contributed by atoms with Crippen LogP contribution in [0.3, 0.4) is 0 Å². The predicted octanol–water partition coefficient (Wildman–Crippen LogP) is 2.20. The van der Waals surface area contributed by atoms with Gasteiger partial charge in [0.2, 0.25) is 0 Å². The first-order valence-corrected chi connectivity index (χ1v) is 7.95. The number of aliphatic hydroxyl groups excluding tert-OH is 1. The summed E-state index contributed by atoms with van der Waals surface area (Å²) in [6.45, 7) is 0.224. The third-order valence-electron chi connectivity index (χ3n) is 4.30. The van der Waals surface area contributed by atoms with Gasteiger partial charge in [-0.1, -0.05) is 30.3 Å². The van der Waals surface area contributed by atoms with Crippen molar-refractivity contribution < 1.29 is 9.84 Å². The molecule has 126 valence electrons. The van der Waals surface area contributed by atoms with Crippen molar-refractivity contribution in [2.45, 2.75) is 13.2 Å². The molecule has 2 heterocycles. The van der Waals surface area contributed by atoms with Crippen LogP contribution in [0.15, 0.2) is 59.4 Å². The number of aliphatic hydroxyl groups is 1. The van der Waals surface area contributed by atoms with E-state index in [-0.39, 0.29) is 12.3 Å². The van der Waals surface area contributed by atoms with Gasteiger partial charge in [-0.25, -0.2) is 4.79 Å². The lowest BCUT2D eigenvalue weighted by Gasteiger charge is -2.12. The summed E-state index contributed by atoms with van der Waals surface area (Å²) >= 11 is 0. The average Bonchev–Trinajstić information content (AvgIpc) is 3.10. The highest BCUT2D eigenvalue weighted by Crippen LogP contribution is 2.20. The number of benzene rings is 2. The fourth-order valence-electron chi connectivity index (χ4n) is 3.05. The quantitative estimate of drug-likeness (QED) is 0.621. The predicted molar refractivity (Wildman–Crippen MR) is 95.0 cm³/mol. The summed E-state index contributed by atoms with van der Waals surface area (Å²) in [5, 5.41) is 14.5. The van der Waals surface area contributed by atoms with E-state index in [0.29, 0.717) is 17.8 Å². The van der Waals surface area contributed by atoms with E-state index >= 15 is 0 Å². The molecule has 0 spiro atoms. The van der Waals surface area contributed by atoms with Crippen molar-refractivity contribution in [1.82, 2.24) is 14.2 Å². The first kappa shape index (κ1) is 15.4. The standard InChI is InChI=1S/C19H17N3O3/c1-25-15-8-6-13(7-9-15)11-21-17-5-3-2-4-16(17)18-10-14(12-23)20-22(18)19(21)24/h2-10,23H,11-12H2,1H3. The van der Waals surface area contributed by atoms with Gasteiger partial charge in [0.15, 0.2) is 0 Å². The minimum Gasteiger partial charge on any atom is -0.497 e. The average molecular weight is 335 g/mol. The molecule has 0 saturated carbocycles. The lowest BCUT2D eigenvalue weighted by atomic mass is 10.1. The second kappa shape index (κ2) is 6.07. The summed E-state index contributed by atoms with van der Waals surface area (Å²) in [7, 11) is 1.62. The Balaban J connectivity index is 1.94. The number of para-hydroxylation sites is 1. The van der Waals surface area contributed by atoms with E-state index < -0.39 is 0 Å². The smallest absolute Gasteiger partial charge is 0.350 e. The third kappa shape index (κ3) is 2.56. The number of nitrogens with zero attached hydrogens (tertiary/aromatic N) is 3. The summed E-state index contributed by atoms with van der Waals surface area (Å²) in [4.78, 5) is 13.0. The van der Waals surface area contributed by atoms with E-state index in [1.54, 1.807) is 17.7 Å². The van der Waals surface area contributed by atoms with E-state index in [4.69, 9.17) is 4.74 Å². The number of rotatable bonds is 4.